The van der Waals surface area contributed by atoms with Gasteiger partial charge in [-0.1, -0.05) is 44.2 Å². The average Bonchev–Trinajstić information content (AvgIpc) is 2.98. The maximum absolute atomic E-state index is 4.18. The van der Waals surface area contributed by atoms with Crippen molar-refractivity contribution >= 4 is 0 Å². The minimum Gasteiger partial charge on any atom is -0.333 e. The third kappa shape index (κ3) is 3.44. The van der Waals surface area contributed by atoms with Crippen LogP contribution in [-0.2, 0) is 0 Å². The number of nitrogens with one attached hydrogen (secondary N) is 1. The van der Waals surface area contributed by atoms with Crippen molar-refractivity contribution in [2.75, 3.05) is 6.54 Å². The summed E-state index contributed by atoms with van der Waals surface area (Å²) < 4.78 is 2.21. The highest BCUT2D eigenvalue weighted by Gasteiger charge is 2.22. The summed E-state index contributed by atoms with van der Waals surface area (Å²) in [5.41, 5.74) is 1.34. The number of rotatable bonds is 7. The quantitative estimate of drug-likeness (QED) is 0.821. The van der Waals surface area contributed by atoms with Crippen molar-refractivity contribution in [2.45, 2.75) is 38.8 Å². The van der Waals surface area contributed by atoms with Gasteiger partial charge in [0.2, 0.25) is 0 Å². The molecule has 0 amide bonds. The molecule has 0 bridgehead atoms. The Morgan fingerprint density at radius 2 is 2.00 bits per heavy atom. The molecular formula is C16H23N3. The maximum atomic E-state index is 4.18. The number of benzene rings is 1. The summed E-state index contributed by atoms with van der Waals surface area (Å²) in [5.74, 6) is 0. The highest BCUT2D eigenvalue weighted by Crippen LogP contribution is 2.28. The number of aromatic nitrogens is 2. The second kappa shape index (κ2) is 7.10. The van der Waals surface area contributed by atoms with E-state index in [4.69, 9.17) is 0 Å². The summed E-state index contributed by atoms with van der Waals surface area (Å²) in [6.07, 6.45) is 8.04. The lowest BCUT2D eigenvalue weighted by molar-refractivity contribution is 0.345. The second-order valence-electron chi connectivity index (χ2n) is 4.83. The second-order valence-corrected chi connectivity index (χ2v) is 4.83. The third-order valence-corrected chi connectivity index (χ3v) is 3.48. The van der Waals surface area contributed by atoms with Gasteiger partial charge in [0.25, 0.3) is 0 Å². The topological polar surface area (TPSA) is 29.9 Å². The molecule has 0 aliphatic rings. The van der Waals surface area contributed by atoms with E-state index in [9.17, 15) is 0 Å². The number of hydrogen-bond acceptors (Lipinski definition) is 2. The molecule has 0 aliphatic heterocycles. The summed E-state index contributed by atoms with van der Waals surface area (Å²) in [5, 5.41) is 3.68. The minimum atomic E-state index is 0.334. The fraction of sp³-hybridized carbons (Fsp3) is 0.438. The van der Waals surface area contributed by atoms with E-state index in [1.165, 1.54) is 5.56 Å². The molecule has 3 nitrogen and oxygen atoms in total. The number of imidazole rings is 1. The Balaban J connectivity index is 2.25. The first kappa shape index (κ1) is 13.8. The third-order valence-electron chi connectivity index (χ3n) is 3.48. The van der Waals surface area contributed by atoms with E-state index in [0.29, 0.717) is 12.1 Å². The lowest BCUT2D eigenvalue weighted by atomic mass is 9.97. The molecule has 2 atom stereocenters. The Morgan fingerprint density at radius 3 is 2.58 bits per heavy atom. The van der Waals surface area contributed by atoms with Crippen LogP contribution in [0.4, 0.5) is 0 Å². The van der Waals surface area contributed by atoms with Gasteiger partial charge < -0.3 is 9.88 Å². The van der Waals surface area contributed by atoms with E-state index in [2.05, 4.69) is 65.2 Å². The van der Waals surface area contributed by atoms with E-state index in [-0.39, 0.29) is 0 Å². The standard InChI is InChI=1S/C16H23N3/c1-3-10-18-16(14-8-6-5-7-9-14)15(4-2)19-12-11-17-13-19/h5-9,11-13,15-16,18H,3-4,10H2,1-2H3. The zero-order valence-electron chi connectivity index (χ0n) is 11.8. The summed E-state index contributed by atoms with van der Waals surface area (Å²) in [7, 11) is 0. The first-order valence-corrected chi connectivity index (χ1v) is 7.12. The van der Waals surface area contributed by atoms with Crippen molar-refractivity contribution in [3.63, 3.8) is 0 Å². The molecule has 1 aromatic heterocycles. The van der Waals surface area contributed by atoms with E-state index in [1.54, 1.807) is 0 Å². The van der Waals surface area contributed by atoms with Gasteiger partial charge in [-0.05, 0) is 24.9 Å². The van der Waals surface area contributed by atoms with Gasteiger partial charge in [-0.25, -0.2) is 4.98 Å². The molecule has 3 heteroatoms. The van der Waals surface area contributed by atoms with E-state index in [0.717, 1.165) is 19.4 Å². The first-order chi connectivity index (χ1) is 9.36. The van der Waals surface area contributed by atoms with Gasteiger partial charge in [0, 0.05) is 12.4 Å². The van der Waals surface area contributed by atoms with Crippen LogP contribution >= 0.6 is 0 Å². The van der Waals surface area contributed by atoms with Crippen molar-refractivity contribution in [1.82, 2.24) is 14.9 Å². The molecule has 2 unspecified atom stereocenters. The Kier molecular flexibility index (Phi) is 5.16. The van der Waals surface area contributed by atoms with E-state index >= 15 is 0 Å². The van der Waals surface area contributed by atoms with Crippen LogP contribution in [0.1, 0.15) is 44.3 Å². The molecule has 0 radical (unpaired) electrons. The fourth-order valence-corrected chi connectivity index (χ4v) is 2.52. The predicted octanol–water partition coefficient (Wildman–Crippen LogP) is 3.58. The normalized spacial score (nSPS) is 14.2. The molecule has 1 N–H and O–H groups in total. The maximum Gasteiger partial charge on any atom is 0.0949 e. The van der Waals surface area contributed by atoms with Gasteiger partial charge in [0.15, 0.2) is 0 Å². The highest BCUT2D eigenvalue weighted by atomic mass is 15.1. The molecule has 1 heterocycles. The summed E-state index contributed by atoms with van der Waals surface area (Å²) >= 11 is 0. The predicted molar refractivity (Wildman–Crippen MR) is 79.0 cm³/mol. The SMILES string of the molecule is CCCNC(c1ccccc1)C(CC)n1ccnc1. The Labute approximate surface area is 115 Å². The highest BCUT2D eigenvalue weighted by molar-refractivity contribution is 5.20. The van der Waals surface area contributed by atoms with Gasteiger partial charge in [0.1, 0.15) is 0 Å². The van der Waals surface area contributed by atoms with Crippen LogP contribution in [0.15, 0.2) is 49.1 Å². The van der Waals surface area contributed by atoms with Crippen LogP contribution in [0.3, 0.4) is 0 Å². The number of hydrogen-bond donors (Lipinski definition) is 1. The van der Waals surface area contributed by atoms with Crippen LogP contribution in [0.25, 0.3) is 0 Å². The van der Waals surface area contributed by atoms with E-state index < -0.39 is 0 Å². The zero-order chi connectivity index (χ0) is 13.5. The van der Waals surface area contributed by atoms with Gasteiger partial charge >= 0.3 is 0 Å². The Hall–Kier alpha value is -1.61. The molecule has 2 rings (SSSR count). The zero-order valence-corrected chi connectivity index (χ0v) is 11.8. The summed E-state index contributed by atoms with van der Waals surface area (Å²) in [4.78, 5) is 4.18. The Morgan fingerprint density at radius 1 is 1.21 bits per heavy atom. The monoisotopic (exact) mass is 257 g/mol. The minimum absolute atomic E-state index is 0.334. The average molecular weight is 257 g/mol. The van der Waals surface area contributed by atoms with Gasteiger partial charge in [-0.15, -0.1) is 0 Å². The van der Waals surface area contributed by atoms with Crippen LogP contribution in [0.2, 0.25) is 0 Å². The molecule has 0 aliphatic carbocycles. The molecule has 19 heavy (non-hydrogen) atoms. The van der Waals surface area contributed by atoms with Gasteiger partial charge in [-0.2, -0.15) is 0 Å². The lowest BCUT2D eigenvalue weighted by Crippen LogP contribution is -2.30. The number of nitrogens with zero attached hydrogens (tertiary/aromatic N) is 2. The largest absolute Gasteiger partial charge is 0.333 e. The first-order valence-electron chi connectivity index (χ1n) is 7.12. The molecule has 0 spiro atoms. The van der Waals surface area contributed by atoms with Crippen LogP contribution in [0, 0.1) is 0 Å². The van der Waals surface area contributed by atoms with Crippen molar-refractivity contribution in [1.29, 1.82) is 0 Å². The van der Waals surface area contributed by atoms with Gasteiger partial charge in [-0.3, -0.25) is 0 Å². The van der Waals surface area contributed by atoms with E-state index in [1.807, 2.05) is 12.5 Å². The van der Waals surface area contributed by atoms with Crippen LogP contribution in [-0.4, -0.2) is 16.1 Å². The van der Waals surface area contributed by atoms with Gasteiger partial charge in [0.05, 0.1) is 18.4 Å². The van der Waals surface area contributed by atoms with Crippen LogP contribution < -0.4 is 5.32 Å². The molecular weight excluding hydrogens is 234 g/mol. The summed E-state index contributed by atoms with van der Waals surface area (Å²) in [6, 6.07) is 11.4. The van der Waals surface area contributed by atoms with Crippen molar-refractivity contribution in [3.8, 4) is 0 Å². The molecule has 1 aromatic carbocycles. The van der Waals surface area contributed by atoms with Crippen molar-refractivity contribution in [2.24, 2.45) is 0 Å². The summed E-state index contributed by atoms with van der Waals surface area (Å²) in [6.45, 7) is 5.46. The molecule has 0 saturated carbocycles. The molecule has 102 valence electrons. The molecule has 2 aromatic rings. The smallest absolute Gasteiger partial charge is 0.0949 e. The Bertz CT molecular complexity index is 450. The lowest BCUT2D eigenvalue weighted by Gasteiger charge is -2.29. The van der Waals surface area contributed by atoms with Crippen molar-refractivity contribution < 1.29 is 0 Å². The molecule has 0 fully saturated rings. The van der Waals surface area contributed by atoms with Crippen LogP contribution in [0.5, 0.6) is 0 Å². The fourth-order valence-electron chi connectivity index (χ4n) is 2.52. The molecule has 0 saturated heterocycles. The van der Waals surface area contributed by atoms with Crippen molar-refractivity contribution in [3.05, 3.63) is 54.6 Å².